The predicted octanol–water partition coefficient (Wildman–Crippen LogP) is 2.23. The van der Waals surface area contributed by atoms with Gasteiger partial charge in [-0.1, -0.05) is 6.92 Å². The molecule has 1 unspecified atom stereocenters. The lowest BCUT2D eigenvalue weighted by atomic mass is 10.1. The maximum atomic E-state index is 5.83. The van der Waals surface area contributed by atoms with Crippen LogP contribution in [-0.2, 0) is 18.3 Å². The molecule has 1 saturated heterocycles. The third-order valence-corrected chi connectivity index (χ3v) is 4.12. The molecular weight excluding hydrogens is 264 g/mol. The van der Waals surface area contributed by atoms with Crippen molar-refractivity contribution in [1.82, 2.24) is 15.1 Å². The first-order valence-electron chi connectivity index (χ1n) is 8.27. The summed E-state index contributed by atoms with van der Waals surface area (Å²) < 4.78 is 7.87. The molecule has 2 rings (SSSR count). The van der Waals surface area contributed by atoms with Gasteiger partial charge in [0.15, 0.2) is 0 Å². The Morgan fingerprint density at radius 2 is 2.19 bits per heavy atom. The summed E-state index contributed by atoms with van der Waals surface area (Å²) in [4.78, 5) is 2.45. The fraction of sp³-hybridized carbons (Fsp3) is 0.812. The lowest BCUT2D eigenvalue weighted by Crippen LogP contribution is -2.41. The van der Waals surface area contributed by atoms with E-state index >= 15 is 0 Å². The summed E-state index contributed by atoms with van der Waals surface area (Å²) in [6.45, 7) is 11.2. The molecule has 1 fully saturated rings. The van der Waals surface area contributed by atoms with E-state index in [9.17, 15) is 0 Å². The summed E-state index contributed by atoms with van der Waals surface area (Å²) in [5.74, 6) is 1.26. The van der Waals surface area contributed by atoms with Gasteiger partial charge in [0.2, 0.25) is 0 Å². The van der Waals surface area contributed by atoms with Gasteiger partial charge < -0.3 is 15.0 Å². The van der Waals surface area contributed by atoms with Crippen molar-refractivity contribution in [2.24, 2.45) is 7.05 Å². The molecule has 1 N–H and O–H groups in total. The van der Waals surface area contributed by atoms with Crippen molar-refractivity contribution in [3.05, 3.63) is 11.3 Å². The Balaban J connectivity index is 2.13. The number of ether oxygens (including phenoxy) is 1. The van der Waals surface area contributed by atoms with Crippen LogP contribution in [0.3, 0.4) is 0 Å². The summed E-state index contributed by atoms with van der Waals surface area (Å²) >= 11 is 0. The Hall–Kier alpha value is -1.07. The highest BCUT2D eigenvalue weighted by Gasteiger charge is 2.25. The number of nitrogens with one attached hydrogen (secondary N) is 1. The molecule has 0 aromatic carbocycles. The molecule has 0 amide bonds. The third-order valence-electron chi connectivity index (χ3n) is 4.12. The second-order valence-corrected chi connectivity index (χ2v) is 5.85. The average Bonchev–Trinajstić information content (AvgIpc) is 2.74. The van der Waals surface area contributed by atoms with Crippen LogP contribution in [0.15, 0.2) is 0 Å². The van der Waals surface area contributed by atoms with Gasteiger partial charge in [-0.15, -0.1) is 0 Å². The van der Waals surface area contributed by atoms with Crippen molar-refractivity contribution in [3.63, 3.8) is 0 Å². The minimum atomic E-state index is 0.357. The minimum absolute atomic E-state index is 0.357. The van der Waals surface area contributed by atoms with Crippen LogP contribution in [0.5, 0.6) is 0 Å². The predicted molar refractivity (Wildman–Crippen MR) is 86.8 cm³/mol. The van der Waals surface area contributed by atoms with E-state index in [1.54, 1.807) is 0 Å². The molecule has 1 aromatic rings. The topological polar surface area (TPSA) is 42.3 Å². The van der Waals surface area contributed by atoms with Crippen LogP contribution in [0.2, 0.25) is 0 Å². The Labute approximate surface area is 128 Å². The van der Waals surface area contributed by atoms with Crippen LogP contribution in [0.1, 0.15) is 44.4 Å². The molecule has 120 valence electrons. The summed E-state index contributed by atoms with van der Waals surface area (Å²) in [6, 6.07) is 0. The zero-order valence-corrected chi connectivity index (χ0v) is 14.0. The van der Waals surface area contributed by atoms with E-state index < -0.39 is 0 Å². The molecule has 0 aliphatic carbocycles. The number of piperidine rings is 1. The summed E-state index contributed by atoms with van der Waals surface area (Å²) in [5.41, 5.74) is 2.47. The van der Waals surface area contributed by atoms with Crippen LogP contribution < -0.4 is 10.2 Å². The number of anilines is 1. The van der Waals surface area contributed by atoms with Crippen molar-refractivity contribution in [2.45, 2.75) is 52.7 Å². The second kappa shape index (κ2) is 7.80. The van der Waals surface area contributed by atoms with E-state index in [0.29, 0.717) is 6.10 Å². The SMILES string of the molecule is CCCNCc1c(C)nn(C)c1N1CCCC(OCC)C1. The van der Waals surface area contributed by atoms with Gasteiger partial charge in [0.25, 0.3) is 0 Å². The number of hydrogen-bond donors (Lipinski definition) is 1. The summed E-state index contributed by atoms with van der Waals surface area (Å²) in [7, 11) is 2.05. The minimum Gasteiger partial charge on any atom is -0.377 e. The van der Waals surface area contributed by atoms with Crippen LogP contribution in [-0.4, -0.2) is 42.1 Å². The van der Waals surface area contributed by atoms with Gasteiger partial charge in [0.1, 0.15) is 5.82 Å². The number of rotatable bonds is 7. The molecule has 0 bridgehead atoms. The van der Waals surface area contributed by atoms with Crippen molar-refractivity contribution in [1.29, 1.82) is 0 Å². The fourth-order valence-electron chi connectivity index (χ4n) is 3.18. The van der Waals surface area contributed by atoms with Crippen LogP contribution in [0.4, 0.5) is 5.82 Å². The molecule has 1 atom stereocenters. The second-order valence-electron chi connectivity index (χ2n) is 5.85. The zero-order valence-electron chi connectivity index (χ0n) is 14.0. The van der Waals surface area contributed by atoms with Crippen LogP contribution in [0, 0.1) is 6.92 Å². The zero-order chi connectivity index (χ0) is 15.2. The van der Waals surface area contributed by atoms with Crippen molar-refractivity contribution < 1.29 is 4.74 Å². The Kier molecular flexibility index (Phi) is 6.06. The van der Waals surface area contributed by atoms with Crippen LogP contribution in [0.25, 0.3) is 0 Å². The standard InChI is InChI=1S/C16H30N4O/c1-5-9-17-11-15-13(3)18-19(4)16(15)20-10-7-8-14(12-20)21-6-2/h14,17H,5-12H2,1-4H3. The fourth-order valence-corrected chi connectivity index (χ4v) is 3.18. The lowest BCUT2D eigenvalue weighted by molar-refractivity contribution is 0.0523. The van der Waals surface area contributed by atoms with E-state index in [-0.39, 0.29) is 0 Å². The number of aryl methyl sites for hydroxylation is 2. The van der Waals surface area contributed by atoms with Gasteiger partial charge in [0, 0.05) is 38.9 Å². The molecule has 0 radical (unpaired) electrons. The van der Waals surface area contributed by atoms with Crippen LogP contribution >= 0.6 is 0 Å². The smallest absolute Gasteiger partial charge is 0.131 e. The quantitative estimate of drug-likeness (QED) is 0.783. The highest BCUT2D eigenvalue weighted by atomic mass is 16.5. The normalized spacial score (nSPS) is 19.2. The Bertz CT molecular complexity index is 442. The van der Waals surface area contributed by atoms with Gasteiger partial charge in [-0.2, -0.15) is 5.10 Å². The molecule has 1 aromatic heterocycles. The molecule has 21 heavy (non-hydrogen) atoms. The largest absolute Gasteiger partial charge is 0.377 e. The van der Waals surface area contributed by atoms with E-state index in [1.165, 1.54) is 24.2 Å². The molecule has 5 nitrogen and oxygen atoms in total. The average molecular weight is 294 g/mol. The molecule has 0 spiro atoms. The molecular formula is C16H30N4O. The first-order valence-corrected chi connectivity index (χ1v) is 8.27. The maximum absolute atomic E-state index is 5.83. The van der Waals surface area contributed by atoms with Gasteiger partial charge in [-0.05, 0) is 39.7 Å². The lowest BCUT2D eigenvalue weighted by Gasteiger charge is -2.34. The number of nitrogens with zero attached hydrogens (tertiary/aromatic N) is 3. The summed E-state index contributed by atoms with van der Waals surface area (Å²) in [5, 5.41) is 8.14. The van der Waals surface area contributed by atoms with E-state index in [0.717, 1.165) is 44.9 Å². The molecule has 1 aliphatic rings. The third kappa shape index (κ3) is 3.98. The Morgan fingerprint density at radius 1 is 1.38 bits per heavy atom. The first-order chi connectivity index (χ1) is 10.2. The van der Waals surface area contributed by atoms with Gasteiger partial charge in [0.05, 0.1) is 11.8 Å². The molecule has 5 heteroatoms. The maximum Gasteiger partial charge on any atom is 0.131 e. The number of aromatic nitrogens is 2. The van der Waals surface area contributed by atoms with E-state index in [1.807, 2.05) is 4.68 Å². The number of hydrogen-bond acceptors (Lipinski definition) is 4. The van der Waals surface area contributed by atoms with Gasteiger partial charge in [-0.3, -0.25) is 4.68 Å². The highest BCUT2D eigenvalue weighted by Crippen LogP contribution is 2.27. The molecule has 0 saturated carbocycles. The highest BCUT2D eigenvalue weighted by molar-refractivity contribution is 5.50. The van der Waals surface area contributed by atoms with Crippen molar-refractivity contribution in [3.8, 4) is 0 Å². The van der Waals surface area contributed by atoms with E-state index in [2.05, 4.69) is 43.1 Å². The van der Waals surface area contributed by atoms with Gasteiger partial charge in [-0.25, -0.2) is 0 Å². The van der Waals surface area contributed by atoms with Crippen molar-refractivity contribution >= 4 is 5.82 Å². The summed E-state index contributed by atoms with van der Waals surface area (Å²) in [6.07, 6.45) is 3.88. The Morgan fingerprint density at radius 3 is 2.90 bits per heavy atom. The van der Waals surface area contributed by atoms with E-state index in [4.69, 9.17) is 4.74 Å². The van der Waals surface area contributed by atoms with Gasteiger partial charge >= 0.3 is 0 Å². The monoisotopic (exact) mass is 294 g/mol. The first kappa shape index (κ1) is 16.3. The van der Waals surface area contributed by atoms with Crippen molar-refractivity contribution in [2.75, 3.05) is 31.1 Å². The molecule has 1 aliphatic heterocycles. The molecule has 2 heterocycles.